The predicted molar refractivity (Wildman–Crippen MR) is 51.3 cm³/mol. The van der Waals surface area contributed by atoms with Gasteiger partial charge in [0.15, 0.2) is 0 Å². The van der Waals surface area contributed by atoms with Gasteiger partial charge < -0.3 is 0 Å². The summed E-state index contributed by atoms with van der Waals surface area (Å²) in [5.41, 5.74) is 0.696. The minimum absolute atomic E-state index is 0.232. The Morgan fingerprint density at radius 3 is 3.00 bits per heavy atom. The second kappa shape index (κ2) is 3.59. The molecular weight excluding hydrogens is 202 g/mol. The van der Waals surface area contributed by atoms with Gasteiger partial charge in [0.05, 0.1) is 16.8 Å². The van der Waals surface area contributed by atoms with Crippen molar-refractivity contribution in [1.82, 2.24) is 15.2 Å². The molecule has 0 spiro atoms. The van der Waals surface area contributed by atoms with Crippen molar-refractivity contribution < 1.29 is 4.79 Å². The van der Waals surface area contributed by atoms with Crippen LogP contribution in [-0.4, -0.2) is 21.0 Å². The zero-order valence-electron chi connectivity index (χ0n) is 7.07. The first-order chi connectivity index (χ1) is 6.79. The average molecular weight is 208 g/mol. The number of hydrogen-bond donors (Lipinski definition) is 1. The first kappa shape index (κ1) is 8.90. The zero-order valence-corrected chi connectivity index (χ0v) is 7.82. The van der Waals surface area contributed by atoms with Gasteiger partial charge in [0, 0.05) is 12.4 Å². The Bertz CT molecular complexity index is 453. The maximum Gasteiger partial charge on any atom is 0.216 e. The Kier molecular flexibility index (Phi) is 2.28. The lowest BCUT2D eigenvalue weighted by molar-refractivity contribution is 0.103. The highest BCUT2D eigenvalue weighted by Gasteiger charge is 2.14. The number of halogens is 1. The van der Waals surface area contributed by atoms with E-state index in [4.69, 9.17) is 11.6 Å². The van der Waals surface area contributed by atoms with Crippen LogP contribution in [0, 0.1) is 0 Å². The van der Waals surface area contributed by atoms with Gasteiger partial charge in [-0.3, -0.25) is 14.9 Å². The summed E-state index contributed by atoms with van der Waals surface area (Å²) in [6.07, 6.45) is 4.47. The molecule has 5 heteroatoms. The number of aromatic nitrogens is 3. The van der Waals surface area contributed by atoms with Gasteiger partial charge in [-0.1, -0.05) is 11.6 Å². The number of nitrogens with zero attached hydrogens (tertiary/aromatic N) is 2. The van der Waals surface area contributed by atoms with Crippen molar-refractivity contribution in [2.45, 2.75) is 0 Å². The molecule has 70 valence electrons. The Balaban J connectivity index is 2.42. The molecule has 0 aliphatic heterocycles. The Hall–Kier alpha value is -1.68. The van der Waals surface area contributed by atoms with E-state index < -0.39 is 0 Å². The van der Waals surface area contributed by atoms with E-state index in [0.29, 0.717) is 10.6 Å². The minimum Gasteiger partial charge on any atom is -0.287 e. The van der Waals surface area contributed by atoms with Crippen molar-refractivity contribution in [3.63, 3.8) is 0 Å². The maximum absolute atomic E-state index is 11.7. The van der Waals surface area contributed by atoms with Crippen LogP contribution in [0.3, 0.4) is 0 Å². The Morgan fingerprint density at radius 1 is 1.50 bits per heavy atom. The van der Waals surface area contributed by atoms with Crippen LogP contribution < -0.4 is 0 Å². The Morgan fingerprint density at radius 2 is 2.36 bits per heavy atom. The van der Waals surface area contributed by atoms with Crippen LogP contribution in [0.15, 0.2) is 30.7 Å². The molecule has 1 N–H and O–H groups in total. The van der Waals surface area contributed by atoms with Gasteiger partial charge in [0.1, 0.15) is 5.69 Å². The van der Waals surface area contributed by atoms with Crippen molar-refractivity contribution in [3.8, 4) is 0 Å². The fourth-order valence-corrected chi connectivity index (χ4v) is 1.27. The average Bonchev–Trinajstić information content (AvgIpc) is 2.70. The predicted octanol–water partition coefficient (Wildman–Crippen LogP) is 1.69. The lowest BCUT2D eigenvalue weighted by Gasteiger charge is -1.98. The Labute approximate surface area is 84.9 Å². The highest BCUT2D eigenvalue weighted by atomic mass is 35.5. The highest BCUT2D eigenvalue weighted by Crippen LogP contribution is 2.15. The molecule has 0 aromatic carbocycles. The number of hydrogen-bond acceptors (Lipinski definition) is 3. The van der Waals surface area contributed by atoms with Gasteiger partial charge in [-0.05, 0) is 12.1 Å². The first-order valence-electron chi connectivity index (χ1n) is 3.93. The number of aromatic amines is 1. The third kappa shape index (κ3) is 1.52. The summed E-state index contributed by atoms with van der Waals surface area (Å²) >= 11 is 5.82. The standard InChI is InChI=1S/C9H6ClN3O/c10-7-2-1-3-11-8(7)9(14)6-4-12-13-5-6/h1-5H,(H,12,13). The van der Waals surface area contributed by atoms with Gasteiger partial charge >= 0.3 is 0 Å². The monoisotopic (exact) mass is 207 g/mol. The largest absolute Gasteiger partial charge is 0.287 e. The van der Waals surface area contributed by atoms with Crippen molar-refractivity contribution in [2.75, 3.05) is 0 Å². The summed E-state index contributed by atoms with van der Waals surface area (Å²) in [5.74, 6) is -0.232. The van der Waals surface area contributed by atoms with Gasteiger partial charge in [0.25, 0.3) is 0 Å². The number of pyridine rings is 1. The molecule has 2 aromatic rings. The van der Waals surface area contributed by atoms with E-state index in [-0.39, 0.29) is 11.5 Å². The van der Waals surface area contributed by atoms with E-state index in [1.807, 2.05) is 0 Å². The molecule has 0 amide bonds. The molecule has 0 fully saturated rings. The van der Waals surface area contributed by atoms with Crippen LogP contribution in [0.25, 0.3) is 0 Å². The first-order valence-corrected chi connectivity index (χ1v) is 4.31. The molecule has 0 unspecified atom stereocenters. The summed E-state index contributed by atoms with van der Waals surface area (Å²) in [5, 5.41) is 6.59. The molecule has 14 heavy (non-hydrogen) atoms. The molecule has 0 aliphatic rings. The molecule has 2 heterocycles. The SMILES string of the molecule is O=C(c1cn[nH]c1)c1ncccc1Cl. The summed E-state index contributed by atoms with van der Waals surface area (Å²) in [6, 6.07) is 3.30. The molecule has 4 nitrogen and oxygen atoms in total. The van der Waals surface area contributed by atoms with E-state index in [2.05, 4.69) is 15.2 Å². The highest BCUT2D eigenvalue weighted by molar-refractivity contribution is 6.34. The smallest absolute Gasteiger partial charge is 0.216 e. The molecule has 0 saturated heterocycles. The number of carbonyl (C=O) groups excluding carboxylic acids is 1. The second-order valence-corrected chi connectivity index (χ2v) is 3.06. The van der Waals surface area contributed by atoms with Gasteiger partial charge in [-0.25, -0.2) is 0 Å². The lowest BCUT2D eigenvalue weighted by Crippen LogP contribution is -2.03. The van der Waals surface area contributed by atoms with Crippen LogP contribution in [0.5, 0.6) is 0 Å². The van der Waals surface area contributed by atoms with Crippen molar-refractivity contribution in [2.24, 2.45) is 0 Å². The summed E-state index contributed by atoms with van der Waals surface area (Å²) < 4.78 is 0. The molecule has 2 aromatic heterocycles. The van der Waals surface area contributed by atoms with Crippen molar-refractivity contribution in [1.29, 1.82) is 0 Å². The number of ketones is 1. The lowest BCUT2D eigenvalue weighted by atomic mass is 10.1. The second-order valence-electron chi connectivity index (χ2n) is 2.65. The molecule has 0 bridgehead atoms. The van der Waals surface area contributed by atoms with Crippen LogP contribution in [0.2, 0.25) is 5.02 Å². The van der Waals surface area contributed by atoms with Gasteiger partial charge in [-0.2, -0.15) is 5.10 Å². The number of carbonyl (C=O) groups is 1. The number of rotatable bonds is 2. The maximum atomic E-state index is 11.7. The summed E-state index contributed by atoms with van der Waals surface area (Å²) in [7, 11) is 0. The molecule has 2 rings (SSSR count). The minimum atomic E-state index is -0.232. The molecule has 0 atom stereocenters. The summed E-state index contributed by atoms with van der Waals surface area (Å²) in [4.78, 5) is 15.6. The fourth-order valence-electron chi connectivity index (χ4n) is 1.06. The number of nitrogens with one attached hydrogen (secondary N) is 1. The molecule has 0 radical (unpaired) electrons. The van der Waals surface area contributed by atoms with E-state index in [0.717, 1.165) is 0 Å². The topological polar surface area (TPSA) is 58.6 Å². The van der Waals surface area contributed by atoms with Crippen LogP contribution in [0.4, 0.5) is 0 Å². The van der Waals surface area contributed by atoms with Crippen LogP contribution in [0.1, 0.15) is 16.1 Å². The molecular formula is C9H6ClN3O. The fraction of sp³-hybridized carbons (Fsp3) is 0. The van der Waals surface area contributed by atoms with E-state index >= 15 is 0 Å². The number of H-pyrrole nitrogens is 1. The normalized spacial score (nSPS) is 10.1. The van der Waals surface area contributed by atoms with Crippen molar-refractivity contribution >= 4 is 17.4 Å². The van der Waals surface area contributed by atoms with E-state index in [9.17, 15) is 4.79 Å². The van der Waals surface area contributed by atoms with Gasteiger partial charge in [0.2, 0.25) is 5.78 Å². The third-order valence-corrected chi connectivity index (χ3v) is 2.04. The summed E-state index contributed by atoms with van der Waals surface area (Å²) in [6.45, 7) is 0. The molecule has 0 saturated carbocycles. The van der Waals surface area contributed by atoms with Crippen LogP contribution >= 0.6 is 11.6 Å². The van der Waals surface area contributed by atoms with Crippen LogP contribution in [-0.2, 0) is 0 Å². The third-order valence-electron chi connectivity index (χ3n) is 1.73. The quantitative estimate of drug-likeness (QED) is 0.763. The van der Waals surface area contributed by atoms with E-state index in [1.165, 1.54) is 18.6 Å². The van der Waals surface area contributed by atoms with E-state index in [1.54, 1.807) is 12.1 Å². The molecule has 0 aliphatic carbocycles. The van der Waals surface area contributed by atoms with Gasteiger partial charge in [-0.15, -0.1) is 0 Å². The van der Waals surface area contributed by atoms with Crippen molar-refractivity contribution in [3.05, 3.63) is 47.0 Å². The zero-order chi connectivity index (χ0) is 9.97.